The van der Waals surface area contributed by atoms with Crippen LogP contribution < -0.4 is 10.9 Å². The molecular weight excluding hydrogens is 389 g/mol. The first-order valence-electron chi connectivity index (χ1n) is 9.36. The molecular formula is C22H22FN3O4. The highest BCUT2D eigenvalue weighted by atomic mass is 19.1. The van der Waals surface area contributed by atoms with Gasteiger partial charge in [0.1, 0.15) is 11.5 Å². The van der Waals surface area contributed by atoms with E-state index in [4.69, 9.17) is 4.74 Å². The molecule has 0 spiro atoms. The largest absolute Gasteiger partial charge is 0.452 e. The second-order valence-electron chi connectivity index (χ2n) is 6.86. The van der Waals surface area contributed by atoms with Crippen molar-refractivity contribution in [2.24, 2.45) is 7.05 Å². The average Bonchev–Trinajstić information content (AvgIpc) is 2.93. The van der Waals surface area contributed by atoms with Crippen LogP contribution in [0.5, 0.6) is 0 Å². The predicted octanol–water partition coefficient (Wildman–Crippen LogP) is 2.74. The standard InChI is InChI=1S/C22H22FN3O4/c1-14-20(22(29)26(25(14)3)18-7-5-4-6-8-18)24-21(28)15(2)30-19(27)13-16-9-11-17(23)12-10-16/h4-12,15H,13H2,1-3H3,(H,24,28)/t15-/m0/s1. The van der Waals surface area contributed by atoms with Gasteiger partial charge in [-0.2, -0.15) is 0 Å². The van der Waals surface area contributed by atoms with Crippen LogP contribution in [0.2, 0.25) is 0 Å². The Balaban J connectivity index is 1.70. The molecule has 0 unspecified atom stereocenters. The zero-order chi connectivity index (χ0) is 21.8. The smallest absolute Gasteiger partial charge is 0.311 e. The van der Waals surface area contributed by atoms with Gasteiger partial charge in [0.2, 0.25) is 0 Å². The second-order valence-corrected chi connectivity index (χ2v) is 6.86. The van der Waals surface area contributed by atoms with Gasteiger partial charge in [-0.25, -0.2) is 9.07 Å². The Morgan fingerprint density at radius 3 is 2.37 bits per heavy atom. The number of rotatable bonds is 6. The molecule has 0 radical (unpaired) electrons. The Morgan fingerprint density at radius 2 is 1.73 bits per heavy atom. The van der Waals surface area contributed by atoms with Crippen LogP contribution in [0.4, 0.5) is 10.1 Å². The number of aromatic nitrogens is 2. The molecule has 8 heteroatoms. The number of hydrogen-bond acceptors (Lipinski definition) is 4. The van der Waals surface area contributed by atoms with Crippen LogP contribution in [0.3, 0.4) is 0 Å². The maximum atomic E-state index is 13.0. The van der Waals surface area contributed by atoms with Gasteiger partial charge in [-0.15, -0.1) is 0 Å². The van der Waals surface area contributed by atoms with Gasteiger partial charge >= 0.3 is 5.97 Å². The van der Waals surface area contributed by atoms with E-state index < -0.39 is 23.8 Å². The van der Waals surface area contributed by atoms with Crippen LogP contribution >= 0.6 is 0 Å². The Kier molecular flexibility index (Phi) is 6.15. The summed E-state index contributed by atoms with van der Waals surface area (Å²) in [4.78, 5) is 37.4. The molecule has 1 aromatic heterocycles. The number of nitrogens with one attached hydrogen (secondary N) is 1. The first-order chi connectivity index (χ1) is 14.3. The topological polar surface area (TPSA) is 82.3 Å². The van der Waals surface area contributed by atoms with Crippen molar-refractivity contribution in [2.45, 2.75) is 26.4 Å². The first kappa shape index (κ1) is 21.0. The summed E-state index contributed by atoms with van der Waals surface area (Å²) in [5, 5.41) is 2.57. The lowest BCUT2D eigenvalue weighted by Gasteiger charge is -2.13. The van der Waals surface area contributed by atoms with E-state index in [1.807, 2.05) is 18.2 Å². The molecule has 156 valence electrons. The highest BCUT2D eigenvalue weighted by Crippen LogP contribution is 2.14. The zero-order valence-electron chi connectivity index (χ0n) is 16.9. The van der Waals surface area contributed by atoms with Crippen LogP contribution in [0.1, 0.15) is 18.2 Å². The zero-order valence-corrected chi connectivity index (χ0v) is 16.9. The van der Waals surface area contributed by atoms with Crippen LogP contribution in [0.15, 0.2) is 59.4 Å². The summed E-state index contributed by atoms with van der Waals surface area (Å²) in [5.74, 6) is -1.65. The van der Waals surface area contributed by atoms with E-state index in [0.717, 1.165) is 0 Å². The number of esters is 1. The van der Waals surface area contributed by atoms with E-state index in [1.54, 1.807) is 30.8 Å². The molecule has 30 heavy (non-hydrogen) atoms. The minimum atomic E-state index is -1.11. The molecule has 0 aliphatic heterocycles. The first-order valence-corrected chi connectivity index (χ1v) is 9.36. The maximum absolute atomic E-state index is 13.0. The summed E-state index contributed by atoms with van der Waals surface area (Å²) in [6, 6.07) is 14.5. The molecule has 0 saturated heterocycles. The molecule has 1 atom stereocenters. The number of benzene rings is 2. The molecule has 3 rings (SSSR count). The molecule has 1 heterocycles. The van der Waals surface area contributed by atoms with Crippen molar-refractivity contribution in [3.63, 3.8) is 0 Å². The number of carbonyl (C=O) groups excluding carboxylic acids is 2. The molecule has 1 N–H and O–H groups in total. The van der Waals surface area contributed by atoms with Crippen molar-refractivity contribution >= 4 is 17.6 Å². The molecule has 0 saturated carbocycles. The summed E-state index contributed by atoms with van der Waals surface area (Å²) >= 11 is 0. The summed E-state index contributed by atoms with van der Waals surface area (Å²) in [6.45, 7) is 3.13. The molecule has 3 aromatic rings. The van der Waals surface area contributed by atoms with Crippen molar-refractivity contribution in [2.75, 3.05) is 5.32 Å². The number of carbonyl (C=O) groups is 2. The predicted molar refractivity (Wildman–Crippen MR) is 110 cm³/mol. The number of ether oxygens (including phenoxy) is 1. The molecule has 0 aliphatic carbocycles. The van der Waals surface area contributed by atoms with Gasteiger partial charge in [0.25, 0.3) is 11.5 Å². The number of hydrogen-bond donors (Lipinski definition) is 1. The number of amides is 1. The van der Waals surface area contributed by atoms with E-state index in [0.29, 0.717) is 16.9 Å². The molecule has 0 aliphatic rings. The lowest BCUT2D eigenvalue weighted by atomic mass is 10.1. The third-order valence-corrected chi connectivity index (χ3v) is 4.74. The SMILES string of the molecule is Cc1c(NC(=O)[C@H](C)OC(=O)Cc2ccc(F)cc2)c(=O)n(-c2ccccc2)n1C. The van der Waals surface area contributed by atoms with Crippen molar-refractivity contribution in [1.29, 1.82) is 0 Å². The van der Waals surface area contributed by atoms with E-state index >= 15 is 0 Å². The monoisotopic (exact) mass is 411 g/mol. The van der Waals surface area contributed by atoms with Gasteiger partial charge in [-0.05, 0) is 43.7 Å². The summed E-state index contributed by atoms with van der Waals surface area (Å²) in [5.41, 5.74) is 1.51. The van der Waals surface area contributed by atoms with Crippen molar-refractivity contribution < 1.29 is 18.7 Å². The fraction of sp³-hybridized carbons (Fsp3) is 0.227. The van der Waals surface area contributed by atoms with E-state index in [9.17, 15) is 18.8 Å². The Labute approximate surface area is 172 Å². The Morgan fingerprint density at radius 1 is 1.10 bits per heavy atom. The van der Waals surface area contributed by atoms with Crippen molar-refractivity contribution in [3.05, 3.63) is 82.0 Å². The quantitative estimate of drug-likeness (QED) is 0.633. The number of halogens is 1. The Hall–Kier alpha value is -3.68. The Bertz CT molecular complexity index is 1120. The van der Waals surface area contributed by atoms with Crippen LogP contribution in [-0.4, -0.2) is 27.3 Å². The lowest BCUT2D eigenvalue weighted by Crippen LogP contribution is -2.32. The maximum Gasteiger partial charge on any atom is 0.311 e. The van der Waals surface area contributed by atoms with Gasteiger partial charge in [-0.3, -0.25) is 19.1 Å². The van der Waals surface area contributed by atoms with Crippen LogP contribution in [-0.2, 0) is 27.8 Å². The van der Waals surface area contributed by atoms with E-state index in [-0.39, 0.29) is 17.7 Å². The summed E-state index contributed by atoms with van der Waals surface area (Å²) in [6.07, 6.45) is -1.20. The minimum Gasteiger partial charge on any atom is -0.452 e. The van der Waals surface area contributed by atoms with Gasteiger partial charge in [0, 0.05) is 7.05 Å². The summed E-state index contributed by atoms with van der Waals surface area (Å²) < 4.78 is 21.2. The molecule has 0 fully saturated rings. The number of nitrogens with zero attached hydrogens (tertiary/aromatic N) is 2. The summed E-state index contributed by atoms with van der Waals surface area (Å²) in [7, 11) is 1.71. The molecule has 1 amide bonds. The van der Waals surface area contributed by atoms with Crippen LogP contribution in [0, 0.1) is 12.7 Å². The average molecular weight is 411 g/mol. The van der Waals surface area contributed by atoms with Gasteiger partial charge < -0.3 is 10.1 Å². The van der Waals surface area contributed by atoms with Gasteiger partial charge in [0.05, 0.1) is 17.8 Å². The molecule has 0 bridgehead atoms. The fourth-order valence-corrected chi connectivity index (χ4v) is 3.00. The fourth-order valence-electron chi connectivity index (χ4n) is 3.00. The van der Waals surface area contributed by atoms with Gasteiger partial charge in [-0.1, -0.05) is 30.3 Å². The highest BCUT2D eigenvalue weighted by Gasteiger charge is 2.23. The molecule has 2 aromatic carbocycles. The normalized spacial score (nSPS) is 11.7. The van der Waals surface area contributed by atoms with Crippen molar-refractivity contribution in [3.8, 4) is 5.69 Å². The number of anilines is 1. The minimum absolute atomic E-state index is 0.0942. The molecule has 7 nitrogen and oxygen atoms in total. The number of para-hydroxylation sites is 1. The lowest BCUT2D eigenvalue weighted by molar-refractivity contribution is -0.152. The highest BCUT2D eigenvalue weighted by molar-refractivity contribution is 5.95. The van der Waals surface area contributed by atoms with Crippen LogP contribution in [0.25, 0.3) is 5.69 Å². The van der Waals surface area contributed by atoms with E-state index in [1.165, 1.54) is 35.9 Å². The van der Waals surface area contributed by atoms with Crippen molar-refractivity contribution in [1.82, 2.24) is 9.36 Å². The third kappa shape index (κ3) is 4.48. The van der Waals surface area contributed by atoms with E-state index in [2.05, 4.69) is 5.32 Å². The third-order valence-electron chi connectivity index (χ3n) is 4.74. The van der Waals surface area contributed by atoms with Gasteiger partial charge in [0.15, 0.2) is 6.10 Å². The second kappa shape index (κ2) is 8.77.